The normalized spacial score (nSPS) is 16.5. The van der Waals surface area contributed by atoms with Gasteiger partial charge in [0.1, 0.15) is 0 Å². The van der Waals surface area contributed by atoms with Gasteiger partial charge in [0.05, 0.1) is 11.1 Å². The summed E-state index contributed by atoms with van der Waals surface area (Å²) in [7, 11) is 0. The van der Waals surface area contributed by atoms with Crippen LogP contribution in [0.3, 0.4) is 0 Å². The van der Waals surface area contributed by atoms with Gasteiger partial charge >= 0.3 is 12.0 Å². The topological polar surface area (TPSA) is 78.4 Å². The number of hydrogen-bond donors (Lipinski definition) is 3. The lowest BCUT2D eigenvalue weighted by Crippen LogP contribution is -2.36. The van der Waals surface area contributed by atoms with Crippen molar-refractivity contribution >= 4 is 29.0 Å². The standard InChI is InChI=1S/C10H12N2O3S/c13-8(14)10(2-3-10)6-11-9(15)12-7-1-4-16-5-7/h1,4-5H,2-3,6H2,(H,13,14)(H2,11,12,15). The lowest BCUT2D eigenvalue weighted by molar-refractivity contribution is -0.143. The maximum absolute atomic E-state index is 11.4. The lowest BCUT2D eigenvalue weighted by Gasteiger charge is -2.11. The van der Waals surface area contributed by atoms with Crippen LogP contribution in [0.2, 0.25) is 0 Å². The van der Waals surface area contributed by atoms with E-state index in [1.165, 1.54) is 11.3 Å². The van der Waals surface area contributed by atoms with E-state index in [4.69, 9.17) is 5.11 Å². The zero-order valence-electron chi connectivity index (χ0n) is 8.53. The summed E-state index contributed by atoms with van der Waals surface area (Å²) in [5.41, 5.74) is 0.00841. The van der Waals surface area contributed by atoms with Gasteiger partial charge in [-0.2, -0.15) is 11.3 Å². The molecule has 0 unspecified atom stereocenters. The minimum Gasteiger partial charge on any atom is -0.481 e. The third-order valence-electron chi connectivity index (χ3n) is 2.67. The monoisotopic (exact) mass is 240 g/mol. The van der Waals surface area contributed by atoms with Gasteiger partial charge < -0.3 is 15.7 Å². The summed E-state index contributed by atoms with van der Waals surface area (Å²) in [6.45, 7) is 0.193. The number of carboxylic acid groups (broad SMARTS) is 1. The average Bonchev–Trinajstić information content (AvgIpc) is 2.88. The molecule has 0 saturated heterocycles. The van der Waals surface area contributed by atoms with E-state index in [1.807, 2.05) is 10.8 Å². The van der Waals surface area contributed by atoms with Crippen LogP contribution in [0.5, 0.6) is 0 Å². The zero-order valence-corrected chi connectivity index (χ0v) is 9.34. The van der Waals surface area contributed by atoms with Crippen LogP contribution >= 0.6 is 11.3 Å². The molecular weight excluding hydrogens is 228 g/mol. The fourth-order valence-corrected chi connectivity index (χ4v) is 1.97. The second-order valence-electron chi connectivity index (χ2n) is 3.91. The molecule has 0 aromatic carbocycles. The van der Waals surface area contributed by atoms with E-state index < -0.39 is 11.4 Å². The van der Waals surface area contributed by atoms with Crippen LogP contribution in [0, 0.1) is 5.41 Å². The number of carbonyl (C=O) groups excluding carboxylic acids is 1. The summed E-state index contributed by atoms with van der Waals surface area (Å²) in [6, 6.07) is 1.43. The molecule has 1 fully saturated rings. The summed E-state index contributed by atoms with van der Waals surface area (Å²) in [5.74, 6) is -0.830. The molecule has 0 atom stereocenters. The highest BCUT2D eigenvalue weighted by molar-refractivity contribution is 7.08. The number of amides is 2. The molecule has 0 bridgehead atoms. The van der Waals surface area contributed by atoms with Crippen LogP contribution in [0.25, 0.3) is 0 Å². The number of anilines is 1. The van der Waals surface area contributed by atoms with Gasteiger partial charge in [-0.1, -0.05) is 0 Å². The molecule has 1 aliphatic carbocycles. The Balaban J connectivity index is 1.78. The van der Waals surface area contributed by atoms with Crippen LogP contribution in [0.15, 0.2) is 16.8 Å². The minimum absolute atomic E-state index is 0.193. The van der Waals surface area contributed by atoms with Gasteiger partial charge in [0.15, 0.2) is 0 Å². The Morgan fingerprint density at radius 3 is 2.75 bits per heavy atom. The maximum Gasteiger partial charge on any atom is 0.319 e. The molecule has 3 N–H and O–H groups in total. The third kappa shape index (κ3) is 2.33. The summed E-state index contributed by atoms with van der Waals surface area (Å²) < 4.78 is 0. The first-order valence-electron chi connectivity index (χ1n) is 4.93. The second-order valence-corrected chi connectivity index (χ2v) is 4.69. The number of urea groups is 1. The molecule has 5 nitrogen and oxygen atoms in total. The fraction of sp³-hybridized carbons (Fsp3) is 0.400. The molecule has 1 aromatic rings. The van der Waals surface area contributed by atoms with E-state index in [1.54, 1.807) is 6.07 Å². The molecular formula is C10H12N2O3S. The van der Waals surface area contributed by atoms with Crippen LogP contribution in [-0.4, -0.2) is 23.7 Å². The van der Waals surface area contributed by atoms with Crippen molar-refractivity contribution in [1.82, 2.24) is 5.32 Å². The van der Waals surface area contributed by atoms with Gasteiger partial charge in [-0.05, 0) is 24.3 Å². The Bertz CT molecular complexity index is 398. The first-order chi connectivity index (χ1) is 7.62. The highest BCUT2D eigenvalue weighted by atomic mass is 32.1. The number of carbonyl (C=O) groups is 2. The number of rotatable bonds is 4. The van der Waals surface area contributed by atoms with Gasteiger partial charge in [0.25, 0.3) is 0 Å². The highest BCUT2D eigenvalue weighted by Gasteiger charge is 2.50. The molecule has 86 valence electrons. The van der Waals surface area contributed by atoms with Crippen LogP contribution in [0.4, 0.5) is 10.5 Å². The largest absolute Gasteiger partial charge is 0.481 e. The molecule has 1 saturated carbocycles. The number of thiophene rings is 1. The molecule has 0 radical (unpaired) electrons. The highest BCUT2D eigenvalue weighted by Crippen LogP contribution is 2.45. The maximum atomic E-state index is 11.4. The second kappa shape index (κ2) is 4.13. The smallest absolute Gasteiger partial charge is 0.319 e. The molecule has 6 heteroatoms. The predicted octanol–water partition coefficient (Wildman–Crippen LogP) is 1.73. The van der Waals surface area contributed by atoms with Gasteiger partial charge in [0, 0.05) is 11.9 Å². The molecule has 0 spiro atoms. The molecule has 16 heavy (non-hydrogen) atoms. The van der Waals surface area contributed by atoms with Crippen molar-refractivity contribution < 1.29 is 14.7 Å². The Labute approximate surface area is 96.5 Å². The Kier molecular flexibility index (Phi) is 2.82. The van der Waals surface area contributed by atoms with E-state index in [-0.39, 0.29) is 12.6 Å². The van der Waals surface area contributed by atoms with Gasteiger partial charge in [0.2, 0.25) is 0 Å². The fourth-order valence-electron chi connectivity index (χ4n) is 1.38. The van der Waals surface area contributed by atoms with E-state index in [9.17, 15) is 9.59 Å². The minimum atomic E-state index is -0.830. The summed E-state index contributed by atoms with van der Waals surface area (Å²) >= 11 is 1.49. The Morgan fingerprint density at radius 1 is 1.50 bits per heavy atom. The van der Waals surface area contributed by atoms with Gasteiger partial charge in [-0.3, -0.25) is 4.79 Å². The van der Waals surface area contributed by atoms with Crippen LogP contribution in [0.1, 0.15) is 12.8 Å². The predicted molar refractivity (Wildman–Crippen MR) is 60.6 cm³/mol. The zero-order chi connectivity index (χ0) is 11.6. The van der Waals surface area contributed by atoms with E-state index in [0.717, 1.165) is 5.69 Å². The summed E-state index contributed by atoms with van der Waals surface area (Å²) in [4.78, 5) is 22.2. The van der Waals surface area contributed by atoms with Crippen LogP contribution in [-0.2, 0) is 4.79 Å². The quantitative estimate of drug-likeness (QED) is 0.750. The van der Waals surface area contributed by atoms with E-state index in [2.05, 4.69) is 10.6 Å². The molecule has 1 aromatic heterocycles. The van der Waals surface area contributed by atoms with Crippen molar-refractivity contribution in [2.24, 2.45) is 5.41 Å². The number of nitrogens with one attached hydrogen (secondary N) is 2. The van der Waals surface area contributed by atoms with Crippen LogP contribution < -0.4 is 10.6 Å². The number of carboxylic acids is 1. The SMILES string of the molecule is O=C(NCC1(C(=O)O)CC1)Nc1ccsc1. The lowest BCUT2D eigenvalue weighted by atomic mass is 10.1. The van der Waals surface area contributed by atoms with Gasteiger partial charge in [-0.25, -0.2) is 4.79 Å². The summed E-state index contributed by atoms with van der Waals surface area (Å²) in [5, 5.41) is 17.8. The van der Waals surface area contributed by atoms with Crippen molar-refractivity contribution in [3.05, 3.63) is 16.8 Å². The van der Waals surface area contributed by atoms with Crippen molar-refractivity contribution in [2.75, 3.05) is 11.9 Å². The Hall–Kier alpha value is -1.56. The van der Waals surface area contributed by atoms with E-state index >= 15 is 0 Å². The number of hydrogen-bond acceptors (Lipinski definition) is 3. The Morgan fingerprint density at radius 2 is 2.25 bits per heavy atom. The molecule has 0 aliphatic heterocycles. The van der Waals surface area contributed by atoms with Crippen molar-refractivity contribution in [3.63, 3.8) is 0 Å². The van der Waals surface area contributed by atoms with Gasteiger partial charge in [-0.15, -0.1) is 0 Å². The summed E-state index contributed by atoms with van der Waals surface area (Å²) in [6.07, 6.45) is 1.28. The van der Waals surface area contributed by atoms with Crippen molar-refractivity contribution in [1.29, 1.82) is 0 Å². The average molecular weight is 240 g/mol. The molecule has 1 heterocycles. The van der Waals surface area contributed by atoms with Crippen molar-refractivity contribution in [2.45, 2.75) is 12.8 Å². The molecule has 1 aliphatic rings. The molecule has 2 amide bonds. The first kappa shape index (κ1) is 10.9. The molecule has 2 rings (SSSR count). The third-order valence-corrected chi connectivity index (χ3v) is 3.36. The van der Waals surface area contributed by atoms with Crippen molar-refractivity contribution in [3.8, 4) is 0 Å². The van der Waals surface area contributed by atoms with E-state index in [0.29, 0.717) is 12.8 Å². The number of aliphatic carboxylic acids is 1. The first-order valence-corrected chi connectivity index (χ1v) is 5.87.